The monoisotopic (exact) mass is 577 g/mol. The number of halogens is 4. The highest BCUT2D eigenvalue weighted by Crippen LogP contribution is 2.29. The summed E-state index contributed by atoms with van der Waals surface area (Å²) < 4.78 is 48.6. The second-order valence-electron chi connectivity index (χ2n) is 8.56. The molecule has 1 fully saturated rings. The van der Waals surface area contributed by atoms with Crippen LogP contribution in [0.2, 0.25) is 0 Å². The van der Waals surface area contributed by atoms with E-state index in [-0.39, 0.29) is 17.3 Å². The Morgan fingerprint density at radius 1 is 1.03 bits per heavy atom. The number of carbonyl (C=O) groups excluding carboxylic acids is 2. The number of anilines is 2. The van der Waals surface area contributed by atoms with Crippen LogP contribution in [-0.4, -0.2) is 47.1 Å². The molecule has 0 unspecified atom stereocenters. The highest BCUT2D eigenvalue weighted by atomic mass is 35.5. The van der Waals surface area contributed by atoms with E-state index in [1.165, 1.54) is 53.4 Å². The number of hydrogen-bond donors (Lipinski definition) is 1. The number of nitrogens with one attached hydrogen (secondary N) is 1. The summed E-state index contributed by atoms with van der Waals surface area (Å²) in [5.41, 5.74) is -2.20. The minimum atomic E-state index is -3.86. The lowest BCUT2D eigenvalue weighted by Gasteiger charge is -2.24. The molecule has 1 aliphatic heterocycles. The first-order chi connectivity index (χ1) is 18.5. The van der Waals surface area contributed by atoms with E-state index in [9.17, 15) is 22.8 Å². The lowest BCUT2D eigenvalue weighted by molar-refractivity contribution is -0.124. The van der Waals surface area contributed by atoms with Crippen molar-refractivity contribution in [1.29, 1.82) is 0 Å². The minimum Gasteiger partial charge on any atom is -0.497 e. The summed E-state index contributed by atoms with van der Waals surface area (Å²) in [5, 5.41) is 2.84. The average molecular weight is 578 g/mol. The molecule has 7 nitrogen and oxygen atoms in total. The molecule has 0 aliphatic carbocycles. The van der Waals surface area contributed by atoms with Crippen molar-refractivity contribution in [3.05, 3.63) is 84.2 Å². The topological polar surface area (TPSA) is 71.1 Å². The Balaban J connectivity index is 1.50. The van der Waals surface area contributed by atoms with Gasteiger partial charge in [0.15, 0.2) is 5.11 Å². The van der Waals surface area contributed by atoms with Crippen LogP contribution in [-0.2, 0) is 16.0 Å². The molecule has 1 N–H and O–H groups in total. The highest BCUT2D eigenvalue weighted by molar-refractivity contribution is 7.80. The maximum absolute atomic E-state index is 13.5. The third-order valence-electron chi connectivity index (χ3n) is 5.95. The smallest absolute Gasteiger partial charge is 0.487 e. The molecule has 1 heterocycles. The van der Waals surface area contributed by atoms with Crippen molar-refractivity contribution >= 4 is 52.1 Å². The third kappa shape index (κ3) is 7.18. The molecule has 204 valence electrons. The number of methoxy groups -OCH3 is 1. The molecule has 0 aromatic heterocycles. The molecule has 4 rings (SSSR count). The average Bonchev–Trinajstić information content (AvgIpc) is 3.12. The van der Waals surface area contributed by atoms with Crippen LogP contribution in [0.1, 0.15) is 12.0 Å². The van der Waals surface area contributed by atoms with Gasteiger partial charge in [-0.3, -0.25) is 14.5 Å². The van der Waals surface area contributed by atoms with Crippen LogP contribution in [0.5, 0.6) is 11.5 Å². The van der Waals surface area contributed by atoms with Gasteiger partial charge in [-0.15, -0.1) is 8.78 Å². The van der Waals surface area contributed by atoms with Crippen LogP contribution in [0.3, 0.4) is 0 Å². The molecule has 12 heteroatoms. The predicted molar refractivity (Wildman–Crippen MR) is 145 cm³/mol. The molecule has 0 bridgehead atoms. The number of hydrogen-bond acceptors (Lipinski definition) is 5. The molecule has 1 saturated heterocycles. The second-order valence-corrected chi connectivity index (χ2v) is 9.37. The molecule has 1 atom stereocenters. The van der Waals surface area contributed by atoms with Crippen LogP contribution in [0.15, 0.2) is 72.8 Å². The van der Waals surface area contributed by atoms with Crippen LogP contribution < -0.4 is 19.7 Å². The summed E-state index contributed by atoms with van der Waals surface area (Å²) in [4.78, 5) is 29.4. The lowest BCUT2D eigenvalue weighted by Crippen LogP contribution is -2.39. The Labute approximate surface area is 233 Å². The fourth-order valence-electron chi connectivity index (χ4n) is 4.08. The molecule has 0 saturated carbocycles. The predicted octanol–water partition coefficient (Wildman–Crippen LogP) is 5.58. The Hall–Kier alpha value is -3.83. The van der Waals surface area contributed by atoms with Gasteiger partial charge < -0.3 is 19.7 Å². The van der Waals surface area contributed by atoms with Crippen molar-refractivity contribution in [2.24, 2.45) is 0 Å². The molecule has 2 amide bonds. The van der Waals surface area contributed by atoms with E-state index >= 15 is 0 Å². The van der Waals surface area contributed by atoms with E-state index < -0.39 is 29.2 Å². The first-order valence-corrected chi connectivity index (χ1v) is 12.5. The van der Waals surface area contributed by atoms with Gasteiger partial charge in [-0.2, -0.15) is 0 Å². The van der Waals surface area contributed by atoms with Gasteiger partial charge in [0, 0.05) is 23.8 Å². The Morgan fingerprint density at radius 2 is 1.64 bits per heavy atom. The van der Waals surface area contributed by atoms with E-state index in [2.05, 4.69) is 10.1 Å². The molecule has 0 radical (unpaired) electrons. The summed E-state index contributed by atoms with van der Waals surface area (Å²) in [5.74, 6) is -0.871. The number of amides is 2. The third-order valence-corrected chi connectivity index (χ3v) is 6.45. The normalized spacial score (nSPS) is 15.5. The zero-order valence-electron chi connectivity index (χ0n) is 20.6. The summed E-state index contributed by atoms with van der Waals surface area (Å²) in [6.07, 6.45) is 0.288. The summed E-state index contributed by atoms with van der Waals surface area (Å²) in [6.45, 7) is 0.339. The maximum atomic E-state index is 13.5. The Morgan fingerprint density at radius 3 is 2.23 bits per heavy atom. The number of thiocarbonyl (C=S) groups is 1. The van der Waals surface area contributed by atoms with Crippen molar-refractivity contribution in [2.75, 3.05) is 23.9 Å². The molecule has 3 aromatic carbocycles. The highest BCUT2D eigenvalue weighted by Gasteiger charge is 2.44. The zero-order chi connectivity index (χ0) is 28.2. The fourth-order valence-corrected chi connectivity index (χ4v) is 4.59. The molecule has 3 aromatic rings. The van der Waals surface area contributed by atoms with Gasteiger partial charge in [-0.1, -0.05) is 12.1 Å². The number of carbonyl (C=O) groups is 2. The zero-order valence-corrected chi connectivity index (χ0v) is 22.1. The van der Waals surface area contributed by atoms with Gasteiger partial charge in [0.1, 0.15) is 23.4 Å². The lowest BCUT2D eigenvalue weighted by atomic mass is 10.1. The molecular formula is C27H23ClF3N3O4S. The van der Waals surface area contributed by atoms with E-state index in [1.807, 2.05) is 24.3 Å². The summed E-state index contributed by atoms with van der Waals surface area (Å²) in [7, 11) is 1.57. The van der Waals surface area contributed by atoms with Gasteiger partial charge in [-0.05, 0) is 84.9 Å². The summed E-state index contributed by atoms with van der Waals surface area (Å²) in [6, 6.07) is 17.0. The van der Waals surface area contributed by atoms with E-state index in [1.54, 1.807) is 12.0 Å². The van der Waals surface area contributed by atoms with Gasteiger partial charge in [0.05, 0.1) is 19.2 Å². The minimum absolute atomic E-state index is 0.191. The van der Waals surface area contributed by atoms with Crippen molar-refractivity contribution in [1.82, 2.24) is 4.90 Å². The van der Waals surface area contributed by atoms with Crippen molar-refractivity contribution in [3.8, 4) is 11.5 Å². The molecule has 39 heavy (non-hydrogen) atoms. The van der Waals surface area contributed by atoms with E-state index in [0.717, 1.165) is 5.56 Å². The first-order valence-electron chi connectivity index (χ1n) is 11.7. The Bertz CT molecular complexity index is 1340. The first kappa shape index (κ1) is 28.2. The number of ether oxygens (including phenoxy) is 2. The van der Waals surface area contributed by atoms with E-state index in [4.69, 9.17) is 28.6 Å². The Kier molecular flexibility index (Phi) is 8.61. The number of alkyl halides is 3. The second kappa shape index (κ2) is 11.9. The molecular weight excluding hydrogens is 555 g/mol. The van der Waals surface area contributed by atoms with Crippen molar-refractivity contribution in [3.63, 3.8) is 0 Å². The quantitative estimate of drug-likeness (QED) is 0.251. The SMILES string of the molecule is COc1ccc(CCN2C(=S)N(c3ccc(F)cc3)C(=O)[C@@H]2CC(=O)Nc2ccc(OC(F)(F)Cl)cc2)cc1. The maximum Gasteiger partial charge on any atom is 0.487 e. The van der Waals surface area contributed by atoms with Crippen LogP contribution in [0.25, 0.3) is 0 Å². The number of benzene rings is 3. The van der Waals surface area contributed by atoms with Crippen LogP contribution in [0.4, 0.5) is 24.5 Å². The van der Waals surface area contributed by atoms with Crippen molar-refractivity contribution in [2.45, 2.75) is 24.5 Å². The number of rotatable bonds is 10. The van der Waals surface area contributed by atoms with Gasteiger partial charge in [0.25, 0.3) is 5.91 Å². The van der Waals surface area contributed by atoms with Crippen molar-refractivity contribution < 1.29 is 32.2 Å². The molecule has 1 aliphatic rings. The van der Waals surface area contributed by atoms with Gasteiger partial charge in [-0.25, -0.2) is 4.39 Å². The fraction of sp³-hybridized carbons (Fsp3) is 0.222. The van der Waals surface area contributed by atoms with Gasteiger partial charge in [0.2, 0.25) is 5.91 Å². The van der Waals surface area contributed by atoms with Crippen LogP contribution in [0, 0.1) is 5.82 Å². The number of nitrogens with zero attached hydrogens (tertiary/aromatic N) is 2. The standard InChI is InChI=1S/C27H23ClF3N3O4S/c1-37-21-10-2-17(3-11-21)14-15-33-23(25(36)34(26(33)39)20-8-4-18(29)5-9-20)16-24(35)32-19-6-12-22(13-7-19)38-27(28,30)31/h2-13,23H,14-16H2,1H3,(H,32,35)/t23-/m0/s1. The van der Waals surface area contributed by atoms with Crippen LogP contribution >= 0.6 is 23.8 Å². The summed E-state index contributed by atoms with van der Waals surface area (Å²) >= 11 is 10.4. The van der Waals surface area contributed by atoms with Gasteiger partial charge >= 0.3 is 5.57 Å². The van der Waals surface area contributed by atoms with E-state index in [0.29, 0.717) is 30.1 Å². The molecule has 0 spiro atoms. The largest absolute Gasteiger partial charge is 0.497 e.